The molecule has 3 aromatic rings. The number of carbonyl (C=O) groups excluding carboxylic acids is 2. The van der Waals surface area contributed by atoms with Crippen molar-refractivity contribution in [1.29, 1.82) is 0 Å². The van der Waals surface area contributed by atoms with Crippen molar-refractivity contribution < 1.29 is 24.2 Å². The number of rotatable bonds is 5. The molecule has 1 aromatic heterocycles. The number of amides is 1. The van der Waals surface area contributed by atoms with E-state index in [4.69, 9.17) is 21.1 Å². The molecular weight excluding hydrogens is 432 g/mol. The van der Waals surface area contributed by atoms with Crippen molar-refractivity contribution in [3.63, 3.8) is 0 Å². The number of methoxy groups -OCH3 is 2. The highest BCUT2D eigenvalue weighted by Gasteiger charge is 2.47. The highest BCUT2D eigenvalue weighted by atomic mass is 35.5. The van der Waals surface area contributed by atoms with Crippen LogP contribution in [0.4, 0.5) is 5.82 Å². The minimum atomic E-state index is -0.892. The van der Waals surface area contributed by atoms with E-state index in [9.17, 15) is 14.7 Å². The Kier molecular flexibility index (Phi) is 5.83. The molecule has 0 saturated carbocycles. The minimum Gasteiger partial charge on any atom is -0.507 e. The monoisotopic (exact) mass is 450 g/mol. The number of carbonyl (C=O) groups is 2. The topological polar surface area (TPSA) is 89.0 Å². The van der Waals surface area contributed by atoms with E-state index in [0.717, 1.165) is 0 Å². The third kappa shape index (κ3) is 3.67. The Labute approximate surface area is 189 Å². The van der Waals surface area contributed by atoms with Gasteiger partial charge >= 0.3 is 5.91 Å². The number of anilines is 1. The second kappa shape index (κ2) is 8.72. The lowest BCUT2D eigenvalue weighted by atomic mass is 9.95. The van der Waals surface area contributed by atoms with Crippen LogP contribution in [-0.4, -0.2) is 36.0 Å². The summed E-state index contributed by atoms with van der Waals surface area (Å²) in [5.74, 6) is -0.615. The van der Waals surface area contributed by atoms with Crippen LogP contribution >= 0.6 is 11.6 Å². The summed E-state index contributed by atoms with van der Waals surface area (Å²) >= 11 is 6.21. The number of aromatic nitrogens is 1. The number of halogens is 1. The van der Waals surface area contributed by atoms with E-state index in [1.54, 1.807) is 61.7 Å². The highest BCUT2D eigenvalue weighted by Crippen LogP contribution is 2.42. The predicted molar refractivity (Wildman–Crippen MR) is 120 cm³/mol. The zero-order chi connectivity index (χ0) is 22.8. The summed E-state index contributed by atoms with van der Waals surface area (Å²) < 4.78 is 10.4. The molecule has 0 spiro atoms. The minimum absolute atomic E-state index is 0.0629. The molecular formula is C24H19ClN2O5. The summed E-state index contributed by atoms with van der Waals surface area (Å²) in [6, 6.07) is 15.7. The highest BCUT2D eigenvalue weighted by molar-refractivity contribution is 6.51. The number of ether oxygens (including phenoxy) is 2. The van der Waals surface area contributed by atoms with Gasteiger partial charge in [0.15, 0.2) is 0 Å². The van der Waals surface area contributed by atoms with Gasteiger partial charge in [0.25, 0.3) is 5.78 Å². The SMILES string of the molecule is COc1ccc(C2C(=C(O)c3ccc(OC)c(Cl)c3)C(=O)C(=O)N2c2ccccn2)cc1. The van der Waals surface area contributed by atoms with E-state index in [-0.39, 0.29) is 21.9 Å². The molecule has 1 saturated heterocycles. The lowest BCUT2D eigenvalue weighted by Crippen LogP contribution is -2.30. The van der Waals surface area contributed by atoms with Crippen molar-refractivity contribution in [2.45, 2.75) is 6.04 Å². The Morgan fingerprint density at radius 3 is 2.38 bits per heavy atom. The molecule has 1 atom stereocenters. The van der Waals surface area contributed by atoms with Gasteiger partial charge in [-0.25, -0.2) is 4.98 Å². The fourth-order valence-corrected chi connectivity index (χ4v) is 3.89. The average molecular weight is 451 g/mol. The fourth-order valence-electron chi connectivity index (χ4n) is 3.64. The van der Waals surface area contributed by atoms with Crippen molar-refractivity contribution in [2.24, 2.45) is 0 Å². The van der Waals surface area contributed by atoms with Crippen LogP contribution in [0.25, 0.3) is 5.76 Å². The first kappa shape index (κ1) is 21.4. The van der Waals surface area contributed by atoms with Crippen LogP contribution in [0.3, 0.4) is 0 Å². The average Bonchev–Trinajstić information content (AvgIpc) is 3.09. The maximum atomic E-state index is 13.1. The van der Waals surface area contributed by atoms with E-state index in [1.165, 1.54) is 24.3 Å². The second-order valence-corrected chi connectivity index (χ2v) is 7.39. The lowest BCUT2D eigenvalue weighted by Gasteiger charge is -2.24. The smallest absolute Gasteiger partial charge is 0.301 e. The molecule has 162 valence electrons. The van der Waals surface area contributed by atoms with Crippen LogP contribution in [0.5, 0.6) is 11.5 Å². The molecule has 1 aliphatic heterocycles. The maximum absolute atomic E-state index is 13.1. The van der Waals surface area contributed by atoms with Gasteiger partial charge in [0.05, 0.1) is 30.9 Å². The Hall–Kier alpha value is -3.84. The predicted octanol–water partition coefficient (Wildman–Crippen LogP) is 4.38. The van der Waals surface area contributed by atoms with Crippen molar-refractivity contribution in [3.8, 4) is 11.5 Å². The van der Waals surface area contributed by atoms with E-state index in [2.05, 4.69) is 4.98 Å². The number of nitrogens with zero attached hydrogens (tertiary/aromatic N) is 2. The van der Waals surface area contributed by atoms with Crippen LogP contribution in [0, 0.1) is 0 Å². The zero-order valence-corrected chi connectivity index (χ0v) is 18.0. The number of aliphatic hydroxyl groups excluding tert-OH is 1. The van der Waals surface area contributed by atoms with Crippen molar-refractivity contribution >= 4 is 34.9 Å². The van der Waals surface area contributed by atoms with E-state index >= 15 is 0 Å². The molecule has 7 nitrogen and oxygen atoms in total. The van der Waals surface area contributed by atoms with Crippen LogP contribution in [0.2, 0.25) is 5.02 Å². The lowest BCUT2D eigenvalue weighted by molar-refractivity contribution is -0.132. The van der Waals surface area contributed by atoms with Gasteiger partial charge in [0, 0.05) is 11.8 Å². The molecule has 4 rings (SSSR count). The number of pyridine rings is 1. The van der Waals surface area contributed by atoms with E-state index in [0.29, 0.717) is 22.9 Å². The van der Waals surface area contributed by atoms with Crippen molar-refractivity contribution in [3.05, 3.63) is 88.6 Å². The first-order valence-corrected chi connectivity index (χ1v) is 10.0. The summed E-state index contributed by atoms with van der Waals surface area (Å²) in [5, 5.41) is 11.4. The van der Waals surface area contributed by atoms with Crippen LogP contribution in [0.15, 0.2) is 72.4 Å². The van der Waals surface area contributed by atoms with Gasteiger partial charge in [-0.1, -0.05) is 29.8 Å². The summed E-state index contributed by atoms with van der Waals surface area (Å²) in [5.41, 5.74) is 0.831. The summed E-state index contributed by atoms with van der Waals surface area (Å²) in [4.78, 5) is 31.7. The van der Waals surface area contributed by atoms with Gasteiger partial charge in [0.1, 0.15) is 23.1 Å². The molecule has 1 N–H and O–H groups in total. The Morgan fingerprint density at radius 2 is 1.78 bits per heavy atom. The summed E-state index contributed by atoms with van der Waals surface area (Å²) in [6.45, 7) is 0. The van der Waals surface area contributed by atoms with Gasteiger partial charge in [-0.15, -0.1) is 0 Å². The molecule has 8 heteroatoms. The third-order valence-corrected chi connectivity index (χ3v) is 5.49. The van der Waals surface area contributed by atoms with Crippen LogP contribution < -0.4 is 14.4 Å². The Bertz CT molecular complexity index is 1210. The van der Waals surface area contributed by atoms with Gasteiger partial charge in [-0.05, 0) is 48.0 Å². The summed E-state index contributed by atoms with van der Waals surface area (Å²) in [7, 11) is 3.02. The van der Waals surface area contributed by atoms with Gasteiger partial charge < -0.3 is 14.6 Å². The van der Waals surface area contributed by atoms with Crippen LogP contribution in [-0.2, 0) is 9.59 Å². The molecule has 1 amide bonds. The zero-order valence-electron chi connectivity index (χ0n) is 17.3. The van der Waals surface area contributed by atoms with E-state index in [1.807, 2.05) is 0 Å². The molecule has 0 aliphatic carbocycles. The Morgan fingerprint density at radius 1 is 1.03 bits per heavy atom. The molecule has 0 bridgehead atoms. The number of hydrogen-bond acceptors (Lipinski definition) is 6. The normalized spacial score (nSPS) is 17.5. The molecule has 1 aliphatic rings. The van der Waals surface area contributed by atoms with Crippen molar-refractivity contribution in [1.82, 2.24) is 4.98 Å². The van der Waals surface area contributed by atoms with Gasteiger partial charge in [0.2, 0.25) is 0 Å². The number of benzene rings is 2. The number of ketones is 1. The summed E-state index contributed by atoms with van der Waals surface area (Å²) in [6.07, 6.45) is 1.53. The fraction of sp³-hybridized carbons (Fsp3) is 0.125. The number of aliphatic hydroxyl groups is 1. The first-order valence-electron chi connectivity index (χ1n) is 9.66. The van der Waals surface area contributed by atoms with Crippen LogP contribution in [0.1, 0.15) is 17.2 Å². The molecule has 1 unspecified atom stereocenters. The molecule has 2 aromatic carbocycles. The second-order valence-electron chi connectivity index (χ2n) is 6.98. The maximum Gasteiger partial charge on any atom is 0.301 e. The number of Topliss-reactive ketones (excluding diaryl/α,β-unsaturated/α-hetero) is 1. The van der Waals surface area contributed by atoms with Gasteiger partial charge in [-0.3, -0.25) is 14.5 Å². The van der Waals surface area contributed by atoms with E-state index < -0.39 is 17.7 Å². The van der Waals surface area contributed by atoms with Crippen molar-refractivity contribution in [2.75, 3.05) is 19.1 Å². The molecule has 0 radical (unpaired) electrons. The molecule has 1 fully saturated rings. The third-order valence-electron chi connectivity index (χ3n) is 5.20. The molecule has 32 heavy (non-hydrogen) atoms. The standard InChI is InChI=1S/C24H19ClN2O5/c1-31-16-9-6-14(7-10-16)21-20(22(28)15-8-11-18(32-2)17(25)13-15)23(29)24(30)27(21)19-5-3-4-12-26-19/h3-13,21,28H,1-2H3. The quantitative estimate of drug-likeness (QED) is 0.352. The largest absolute Gasteiger partial charge is 0.507 e. The van der Waals surface area contributed by atoms with Gasteiger partial charge in [-0.2, -0.15) is 0 Å². The Balaban J connectivity index is 1.92. The first-order chi connectivity index (χ1) is 15.5. The molecule has 2 heterocycles. The number of hydrogen-bond donors (Lipinski definition) is 1.